The normalized spacial score (nSPS) is 17.2. The third-order valence-electron chi connectivity index (χ3n) is 15.9. The number of amides is 4. The number of nitrogens with zero attached hydrogens (tertiary/aromatic N) is 1. The lowest BCUT2D eigenvalue weighted by molar-refractivity contribution is -0.282. The van der Waals surface area contributed by atoms with Crippen LogP contribution in [0.15, 0.2) is 66.7 Å². The number of likely N-dealkylation sites (tertiary alicyclic amines) is 1. The van der Waals surface area contributed by atoms with Gasteiger partial charge >= 0.3 is 30.0 Å². The average Bonchev–Trinajstić information content (AvgIpc) is 1.65. The van der Waals surface area contributed by atoms with Crippen LogP contribution >= 0.6 is 0 Å². The first-order valence-corrected chi connectivity index (χ1v) is 34.6. The molecule has 2 fully saturated rings. The van der Waals surface area contributed by atoms with E-state index in [4.69, 9.17) is 94.7 Å². The molecule has 33 nitrogen and oxygen atoms in total. The maximum absolute atomic E-state index is 13.4. The van der Waals surface area contributed by atoms with Crippen molar-refractivity contribution in [3.05, 3.63) is 89.0 Å². The summed E-state index contributed by atoms with van der Waals surface area (Å²) >= 11 is 0. The molecule has 4 N–H and O–H groups in total. The lowest BCUT2D eigenvalue weighted by Crippen LogP contribution is -2.69. The summed E-state index contributed by atoms with van der Waals surface area (Å²) in [5, 5.41) is 18.2. The Kier molecular flexibility index (Phi) is 40.4. The highest BCUT2D eigenvalue weighted by atomic mass is 16.7. The number of hydrogen-bond acceptors (Lipinski definition) is 29. The summed E-state index contributed by atoms with van der Waals surface area (Å²) in [5.41, 5.74) is 3.67. The molecular formula is C71H102N4O29. The lowest BCUT2D eigenvalue weighted by Gasteiger charge is -2.49. The van der Waals surface area contributed by atoms with E-state index in [2.05, 4.69) is 16.0 Å². The van der Waals surface area contributed by atoms with Gasteiger partial charge < -0.3 is 121 Å². The summed E-state index contributed by atoms with van der Waals surface area (Å²) in [6.45, 7) is 11.5. The Morgan fingerprint density at radius 1 is 0.529 bits per heavy atom. The standard InChI is InChI=1S/C71H102N4O29/c1-50(77)100-64-65(101-51(2)78)67(102-52(3)79)69(104-66(64)68(83)86-5)103-60-15-14-53(44-76)42-54(60)43-73-61(80)16-18-72-62(81)46-99-71(47-74-70(84)98-45-59-57-12-8-6-10-55(57)56-11-7-9-13-58(56)59)48-75(49-71)63(82)17-19-87-22-23-89-26-27-91-30-31-93-34-35-95-38-39-97-41-40-96-37-36-94-33-32-92-29-28-90-25-24-88-21-20-85-4/h6-15,42,59,64-67,69,76H,16-41,43-49H2,1-5H3,(H,72,81)(H,73,80)(H,74,84)/t64-,65-,66-,67+,69+/m0/s1. The van der Waals surface area contributed by atoms with Crippen molar-refractivity contribution in [2.45, 2.75) is 89.0 Å². The van der Waals surface area contributed by atoms with Crippen LogP contribution in [-0.4, -0.2) is 300 Å². The van der Waals surface area contributed by atoms with Crippen LogP contribution in [0, 0.1) is 0 Å². The number of aliphatic hydroxyl groups is 1. The van der Waals surface area contributed by atoms with Gasteiger partial charge in [0.05, 0.1) is 192 Å². The molecule has 6 rings (SSSR count). The first kappa shape index (κ1) is 85.3. The number of esters is 4. The Morgan fingerprint density at radius 3 is 1.46 bits per heavy atom. The molecule has 33 heteroatoms. The van der Waals surface area contributed by atoms with Gasteiger partial charge in [-0.05, 0) is 39.9 Å². The molecule has 5 atom stereocenters. The molecule has 1 aliphatic carbocycles. The lowest BCUT2D eigenvalue weighted by atomic mass is 9.93. The van der Waals surface area contributed by atoms with Crippen molar-refractivity contribution in [1.29, 1.82) is 0 Å². The van der Waals surface area contributed by atoms with Crippen LogP contribution in [0.5, 0.6) is 5.75 Å². The zero-order chi connectivity index (χ0) is 74.6. The van der Waals surface area contributed by atoms with Gasteiger partial charge in [0.25, 0.3) is 0 Å². The molecular weight excluding hydrogens is 1370 g/mol. The molecule has 104 heavy (non-hydrogen) atoms. The Labute approximate surface area is 605 Å². The maximum Gasteiger partial charge on any atom is 0.407 e. The minimum atomic E-state index is -1.74. The SMILES string of the molecule is COCCOCCOCCOCCOCCOCCOCCOCCOCCOCCOCCOCCC(=O)N1CC(CNC(=O)OCC2c3ccccc3-c3ccccc32)(OCC(=O)NCCC(=O)NCc2cc(CO)ccc2O[C@@H]2O[C@H](C(=O)OC)[C@@H](OC(C)=O)[C@H](OC(C)=O)[C@H]2OC(C)=O)C1. The minimum absolute atomic E-state index is 0.00203. The zero-order valence-corrected chi connectivity index (χ0v) is 60.0. The van der Waals surface area contributed by atoms with E-state index in [1.54, 1.807) is 7.11 Å². The van der Waals surface area contributed by atoms with Crippen molar-refractivity contribution >= 4 is 47.7 Å². The highest BCUT2D eigenvalue weighted by Gasteiger charge is 2.56. The van der Waals surface area contributed by atoms with Gasteiger partial charge in [0.15, 0.2) is 18.3 Å². The predicted octanol–water partition coefficient (Wildman–Crippen LogP) is 1.73. The largest absolute Gasteiger partial charge is 0.467 e. The van der Waals surface area contributed by atoms with E-state index in [-0.39, 0.29) is 95.1 Å². The summed E-state index contributed by atoms with van der Waals surface area (Å²) in [6, 6.07) is 20.3. The molecule has 2 aliphatic heterocycles. The Bertz CT molecular complexity index is 3020. The number of rotatable bonds is 55. The van der Waals surface area contributed by atoms with E-state index in [1.165, 1.54) is 23.1 Å². The van der Waals surface area contributed by atoms with Crippen LogP contribution in [0.3, 0.4) is 0 Å². The van der Waals surface area contributed by atoms with Gasteiger partial charge in [0.2, 0.25) is 30.1 Å². The molecule has 3 aliphatic rings. The fraction of sp³-hybridized carbons (Fsp3) is 0.634. The van der Waals surface area contributed by atoms with Gasteiger partial charge in [0, 0.05) is 58.9 Å². The topological polar surface area (TPSA) is 381 Å². The van der Waals surface area contributed by atoms with Gasteiger partial charge in [-0.3, -0.25) is 28.8 Å². The van der Waals surface area contributed by atoms with Gasteiger partial charge in [-0.25, -0.2) is 9.59 Å². The number of aliphatic hydroxyl groups excluding tert-OH is 1. The van der Waals surface area contributed by atoms with Crippen molar-refractivity contribution in [3.63, 3.8) is 0 Å². The van der Waals surface area contributed by atoms with Crippen molar-refractivity contribution < 1.29 is 138 Å². The number of nitrogens with one attached hydrogen (secondary N) is 3. The second-order valence-corrected chi connectivity index (χ2v) is 23.6. The molecule has 2 saturated heterocycles. The van der Waals surface area contributed by atoms with Crippen LogP contribution < -0.4 is 20.7 Å². The van der Waals surface area contributed by atoms with Gasteiger partial charge in [-0.2, -0.15) is 0 Å². The summed E-state index contributed by atoms with van der Waals surface area (Å²) in [7, 11) is 2.67. The van der Waals surface area contributed by atoms with Gasteiger partial charge in [-0.15, -0.1) is 0 Å². The smallest absolute Gasteiger partial charge is 0.407 e. The van der Waals surface area contributed by atoms with Crippen molar-refractivity contribution in [3.8, 4) is 16.9 Å². The number of hydrogen-bond donors (Lipinski definition) is 4. The number of fused-ring (bicyclic) bond motifs is 3. The average molecular weight is 1480 g/mol. The molecule has 3 aromatic carbocycles. The van der Waals surface area contributed by atoms with Crippen LogP contribution in [0.2, 0.25) is 0 Å². The number of benzene rings is 3. The van der Waals surface area contributed by atoms with Crippen LogP contribution in [0.4, 0.5) is 4.79 Å². The quantitative estimate of drug-likeness (QED) is 0.0355. The highest BCUT2D eigenvalue weighted by molar-refractivity contribution is 5.81. The van der Waals surface area contributed by atoms with E-state index in [0.29, 0.717) is 138 Å². The first-order valence-electron chi connectivity index (χ1n) is 34.6. The summed E-state index contributed by atoms with van der Waals surface area (Å²) in [6.07, 6.45) is -9.26. The van der Waals surface area contributed by atoms with E-state index < -0.39 is 91.3 Å². The summed E-state index contributed by atoms with van der Waals surface area (Å²) < 4.78 is 111. The van der Waals surface area contributed by atoms with Crippen LogP contribution in [-0.2, 0) is 137 Å². The maximum atomic E-state index is 13.4. The molecule has 2 heterocycles. The third kappa shape index (κ3) is 31.2. The fourth-order valence-electron chi connectivity index (χ4n) is 10.9. The molecule has 4 amide bonds. The second kappa shape index (κ2) is 49.3. The Morgan fingerprint density at radius 2 is 0.990 bits per heavy atom. The number of methoxy groups -OCH3 is 2. The van der Waals surface area contributed by atoms with Crippen molar-refractivity contribution in [2.75, 3.05) is 206 Å². The van der Waals surface area contributed by atoms with E-state index in [1.807, 2.05) is 48.5 Å². The molecule has 0 saturated carbocycles. The molecule has 0 unspecified atom stereocenters. The summed E-state index contributed by atoms with van der Waals surface area (Å²) in [4.78, 5) is 105. The van der Waals surface area contributed by atoms with Crippen molar-refractivity contribution in [2.24, 2.45) is 0 Å². The third-order valence-corrected chi connectivity index (χ3v) is 15.9. The molecule has 0 radical (unpaired) electrons. The Hall–Kier alpha value is -7.58. The van der Waals surface area contributed by atoms with E-state index in [9.17, 15) is 43.5 Å². The first-order chi connectivity index (χ1) is 50.5. The van der Waals surface area contributed by atoms with E-state index in [0.717, 1.165) is 50.1 Å². The number of alkyl carbamates (subject to hydrolysis) is 1. The zero-order valence-electron chi connectivity index (χ0n) is 60.0. The number of carbonyl (C=O) groups is 8. The monoisotopic (exact) mass is 1470 g/mol. The molecule has 0 bridgehead atoms. The number of ether oxygens (including phenoxy) is 20. The molecule has 3 aromatic rings. The highest BCUT2D eigenvalue weighted by Crippen LogP contribution is 2.44. The van der Waals surface area contributed by atoms with E-state index >= 15 is 0 Å². The van der Waals surface area contributed by atoms with Gasteiger partial charge in [0.1, 0.15) is 24.6 Å². The van der Waals surface area contributed by atoms with Crippen LogP contribution in [0.1, 0.15) is 61.8 Å². The molecule has 0 spiro atoms. The molecule has 0 aromatic heterocycles. The van der Waals surface area contributed by atoms with Gasteiger partial charge in [-0.1, -0.05) is 54.6 Å². The number of carbonyl (C=O) groups excluding carboxylic acids is 8. The minimum Gasteiger partial charge on any atom is -0.467 e. The Balaban J connectivity index is 0.848. The predicted molar refractivity (Wildman–Crippen MR) is 364 cm³/mol. The van der Waals surface area contributed by atoms with Crippen molar-refractivity contribution in [1.82, 2.24) is 20.9 Å². The summed E-state index contributed by atoms with van der Waals surface area (Å²) in [5.74, 6) is -5.28. The molecule has 580 valence electrons. The van der Waals surface area contributed by atoms with Crippen LogP contribution in [0.25, 0.3) is 11.1 Å². The fourth-order valence-corrected chi connectivity index (χ4v) is 10.9. The second-order valence-electron chi connectivity index (χ2n) is 23.6.